The van der Waals surface area contributed by atoms with Gasteiger partial charge in [0.1, 0.15) is 21.3 Å². The number of hydrogen-bond acceptors (Lipinski definition) is 6. The molecule has 0 aliphatic carbocycles. The van der Waals surface area contributed by atoms with Crippen LogP contribution in [0.15, 0.2) is 155 Å². The molecule has 6 aromatic rings. The van der Waals surface area contributed by atoms with Crippen molar-refractivity contribution in [1.29, 1.82) is 0 Å². The standard InChI is InChI=1S/C41H36O6S2/c1-29-15-11-13-21-39(29)48(42,43)46-37-25-23-35(27-31(37)3)41(33-17-7-5-8-18-33,34-19-9-6-10-20-34)36-24-26-38(32(4)28-36)47-49(44,45)40-22-14-12-16-30(40)2/h5-28H,1-4H3. The van der Waals surface area contributed by atoms with Gasteiger partial charge in [0.15, 0.2) is 0 Å². The summed E-state index contributed by atoms with van der Waals surface area (Å²) >= 11 is 0. The quantitative estimate of drug-likeness (QED) is 0.106. The van der Waals surface area contributed by atoms with Gasteiger partial charge in [0.25, 0.3) is 0 Å². The van der Waals surface area contributed by atoms with E-state index in [0.717, 1.165) is 22.3 Å². The number of rotatable bonds is 10. The summed E-state index contributed by atoms with van der Waals surface area (Å²) in [6.45, 7) is 7.12. The van der Waals surface area contributed by atoms with Gasteiger partial charge < -0.3 is 8.37 Å². The van der Waals surface area contributed by atoms with Gasteiger partial charge in [-0.3, -0.25) is 0 Å². The second-order valence-corrected chi connectivity index (χ2v) is 15.1. The van der Waals surface area contributed by atoms with Crippen LogP contribution in [0.25, 0.3) is 0 Å². The first-order valence-corrected chi connectivity index (χ1v) is 18.6. The Hall–Kier alpha value is -5.18. The maximum absolute atomic E-state index is 13.3. The van der Waals surface area contributed by atoms with Crippen LogP contribution < -0.4 is 8.37 Å². The summed E-state index contributed by atoms with van der Waals surface area (Å²) in [4.78, 5) is 0.229. The molecule has 0 fully saturated rings. The van der Waals surface area contributed by atoms with Crippen molar-refractivity contribution < 1.29 is 25.2 Å². The molecule has 0 aliphatic heterocycles. The highest BCUT2D eigenvalue weighted by molar-refractivity contribution is 7.87. The molecule has 0 radical (unpaired) electrons. The lowest BCUT2D eigenvalue weighted by Gasteiger charge is -2.37. The molecular weight excluding hydrogens is 653 g/mol. The topological polar surface area (TPSA) is 86.7 Å². The van der Waals surface area contributed by atoms with Gasteiger partial charge in [-0.25, -0.2) is 0 Å². The predicted molar refractivity (Wildman–Crippen MR) is 192 cm³/mol. The summed E-state index contributed by atoms with van der Waals surface area (Å²) in [5.41, 5.74) is 5.21. The van der Waals surface area contributed by atoms with E-state index < -0.39 is 25.7 Å². The van der Waals surface area contributed by atoms with Crippen LogP contribution in [0.2, 0.25) is 0 Å². The van der Waals surface area contributed by atoms with Crippen LogP contribution >= 0.6 is 0 Å². The molecular formula is C41H36O6S2. The normalized spacial score (nSPS) is 12.0. The molecule has 248 valence electrons. The summed E-state index contributed by atoms with van der Waals surface area (Å²) in [6, 6.07) is 44.5. The molecule has 0 spiro atoms. The van der Waals surface area contributed by atoms with Gasteiger partial charge in [-0.05, 0) is 96.5 Å². The zero-order valence-electron chi connectivity index (χ0n) is 27.6. The Morgan fingerprint density at radius 3 is 1.08 bits per heavy atom. The zero-order valence-corrected chi connectivity index (χ0v) is 29.3. The lowest BCUT2D eigenvalue weighted by molar-refractivity contribution is 0.482. The minimum absolute atomic E-state index is 0.114. The van der Waals surface area contributed by atoms with Crippen molar-refractivity contribution in [3.8, 4) is 11.5 Å². The van der Waals surface area contributed by atoms with Crippen molar-refractivity contribution in [3.63, 3.8) is 0 Å². The second-order valence-electron chi connectivity index (χ2n) is 12.0. The molecule has 49 heavy (non-hydrogen) atoms. The molecule has 0 atom stereocenters. The molecule has 0 bridgehead atoms. The average molecular weight is 689 g/mol. The third-order valence-corrected chi connectivity index (χ3v) is 11.5. The summed E-state index contributed by atoms with van der Waals surface area (Å²) in [5.74, 6) is 0.451. The molecule has 0 saturated heterocycles. The molecule has 6 aromatic carbocycles. The molecule has 8 heteroatoms. The summed E-state index contributed by atoms with van der Waals surface area (Å²) in [6.07, 6.45) is 0. The van der Waals surface area contributed by atoms with Crippen LogP contribution in [0.1, 0.15) is 44.5 Å². The zero-order chi connectivity index (χ0) is 34.8. The molecule has 0 saturated carbocycles. The van der Waals surface area contributed by atoms with Gasteiger partial charge in [-0.1, -0.05) is 121 Å². The van der Waals surface area contributed by atoms with E-state index in [1.807, 2.05) is 74.5 Å². The average Bonchev–Trinajstić information content (AvgIpc) is 3.08. The molecule has 6 rings (SSSR count). The van der Waals surface area contributed by atoms with Crippen molar-refractivity contribution in [2.45, 2.75) is 42.9 Å². The van der Waals surface area contributed by atoms with Crippen molar-refractivity contribution in [3.05, 3.63) is 190 Å². The third-order valence-electron chi connectivity index (χ3n) is 8.75. The SMILES string of the molecule is Cc1cc(C(c2ccccc2)(c2ccccc2)c2ccc(OS(=O)(=O)c3ccccc3C)c(C)c2)ccc1OS(=O)(=O)c1ccccc1C. The van der Waals surface area contributed by atoms with Crippen LogP contribution in [0.4, 0.5) is 0 Å². The molecule has 0 unspecified atom stereocenters. The molecule has 0 aromatic heterocycles. The second kappa shape index (κ2) is 13.4. The number of benzene rings is 6. The van der Waals surface area contributed by atoms with E-state index in [1.54, 1.807) is 62.4 Å². The van der Waals surface area contributed by atoms with Crippen LogP contribution in [-0.4, -0.2) is 16.8 Å². The summed E-state index contributed by atoms with van der Waals surface area (Å²) in [7, 11) is -8.17. The summed E-state index contributed by atoms with van der Waals surface area (Å²) in [5, 5.41) is 0. The minimum Gasteiger partial charge on any atom is -0.379 e. The van der Waals surface area contributed by atoms with E-state index in [4.69, 9.17) is 8.37 Å². The molecule has 0 aliphatic rings. The van der Waals surface area contributed by atoms with Crippen LogP contribution in [-0.2, 0) is 25.7 Å². The van der Waals surface area contributed by atoms with Gasteiger partial charge in [0.2, 0.25) is 0 Å². The van der Waals surface area contributed by atoms with E-state index in [-0.39, 0.29) is 21.3 Å². The Labute approximate surface area is 288 Å². The molecule has 0 amide bonds. The van der Waals surface area contributed by atoms with Gasteiger partial charge in [0, 0.05) is 0 Å². The Kier molecular flexibility index (Phi) is 9.20. The van der Waals surface area contributed by atoms with Crippen molar-refractivity contribution >= 4 is 20.2 Å². The lowest BCUT2D eigenvalue weighted by Crippen LogP contribution is -2.31. The van der Waals surface area contributed by atoms with E-state index in [9.17, 15) is 16.8 Å². The fraction of sp³-hybridized carbons (Fsp3) is 0.122. The van der Waals surface area contributed by atoms with Crippen LogP contribution in [0.5, 0.6) is 11.5 Å². The van der Waals surface area contributed by atoms with Gasteiger partial charge in [0.05, 0.1) is 5.41 Å². The summed E-state index contributed by atoms with van der Waals surface area (Å²) < 4.78 is 64.7. The third kappa shape index (κ3) is 6.49. The fourth-order valence-corrected chi connectivity index (χ4v) is 8.77. The highest BCUT2D eigenvalue weighted by Crippen LogP contribution is 2.47. The monoisotopic (exact) mass is 688 g/mol. The Morgan fingerprint density at radius 2 is 0.735 bits per heavy atom. The number of aryl methyl sites for hydroxylation is 4. The van der Waals surface area contributed by atoms with E-state index >= 15 is 0 Å². The highest BCUT2D eigenvalue weighted by Gasteiger charge is 2.39. The van der Waals surface area contributed by atoms with E-state index in [0.29, 0.717) is 22.3 Å². The molecule has 0 heterocycles. The first-order chi connectivity index (χ1) is 23.4. The Balaban J connectivity index is 1.51. The predicted octanol–water partition coefficient (Wildman–Crippen LogP) is 8.84. The number of hydrogen-bond donors (Lipinski definition) is 0. The maximum Gasteiger partial charge on any atom is 0.339 e. The van der Waals surface area contributed by atoms with Crippen molar-refractivity contribution in [2.24, 2.45) is 0 Å². The van der Waals surface area contributed by atoms with Crippen LogP contribution in [0.3, 0.4) is 0 Å². The largest absolute Gasteiger partial charge is 0.379 e. The smallest absolute Gasteiger partial charge is 0.339 e. The van der Waals surface area contributed by atoms with Crippen LogP contribution in [0, 0.1) is 27.7 Å². The molecule has 0 N–H and O–H groups in total. The van der Waals surface area contributed by atoms with E-state index in [1.165, 1.54) is 12.1 Å². The van der Waals surface area contributed by atoms with Gasteiger partial charge in [-0.2, -0.15) is 16.8 Å². The molecule has 6 nitrogen and oxygen atoms in total. The highest BCUT2D eigenvalue weighted by atomic mass is 32.2. The van der Waals surface area contributed by atoms with Crippen molar-refractivity contribution in [2.75, 3.05) is 0 Å². The van der Waals surface area contributed by atoms with Gasteiger partial charge >= 0.3 is 20.2 Å². The lowest BCUT2D eigenvalue weighted by atomic mass is 9.64. The first kappa shape index (κ1) is 33.7. The first-order valence-electron chi connectivity index (χ1n) is 15.8. The van der Waals surface area contributed by atoms with E-state index in [2.05, 4.69) is 24.3 Å². The fourth-order valence-electron chi connectivity index (χ4n) is 6.33. The minimum atomic E-state index is -4.08. The van der Waals surface area contributed by atoms with Crippen molar-refractivity contribution in [1.82, 2.24) is 0 Å². The Morgan fingerprint density at radius 1 is 0.388 bits per heavy atom. The maximum atomic E-state index is 13.3. The Bertz CT molecular complexity index is 2180. The van der Waals surface area contributed by atoms with Gasteiger partial charge in [-0.15, -0.1) is 0 Å².